The van der Waals surface area contributed by atoms with Gasteiger partial charge in [-0.05, 0) is 61.9 Å². The number of carbonyl (C=O) groups is 1. The highest BCUT2D eigenvalue weighted by molar-refractivity contribution is 6.01. The molecular formula is C28H26N4O5. The molecule has 9 heteroatoms. The van der Waals surface area contributed by atoms with Gasteiger partial charge in [-0.1, -0.05) is 35.0 Å². The zero-order valence-corrected chi connectivity index (χ0v) is 20.9. The molecule has 9 nitrogen and oxygen atoms in total. The number of aryl methyl sites for hydroxylation is 1. The number of aromatic hydroxyl groups is 1. The Bertz CT molecular complexity index is 1490. The third kappa shape index (κ3) is 4.47. The van der Waals surface area contributed by atoms with Crippen LogP contribution in [0.3, 0.4) is 0 Å². The third-order valence-corrected chi connectivity index (χ3v) is 6.28. The van der Waals surface area contributed by atoms with Gasteiger partial charge in [0.1, 0.15) is 5.75 Å². The quantitative estimate of drug-likeness (QED) is 0.363. The van der Waals surface area contributed by atoms with E-state index < -0.39 is 6.04 Å². The van der Waals surface area contributed by atoms with Crippen molar-refractivity contribution in [2.75, 3.05) is 19.1 Å². The van der Waals surface area contributed by atoms with Gasteiger partial charge >= 0.3 is 6.03 Å². The van der Waals surface area contributed by atoms with Gasteiger partial charge in [-0.15, -0.1) is 0 Å². The lowest BCUT2D eigenvalue weighted by Gasteiger charge is -2.35. The molecule has 0 saturated carbocycles. The predicted octanol–water partition coefficient (Wildman–Crippen LogP) is 5.47. The Labute approximate surface area is 214 Å². The van der Waals surface area contributed by atoms with Crippen LogP contribution in [-0.4, -0.2) is 35.5 Å². The summed E-state index contributed by atoms with van der Waals surface area (Å²) in [5.74, 6) is 1.65. The number of benzene rings is 3. The third-order valence-electron chi connectivity index (χ3n) is 6.28. The van der Waals surface area contributed by atoms with Gasteiger partial charge in [0, 0.05) is 11.3 Å². The fraction of sp³-hybridized carbons (Fsp3) is 0.179. The summed E-state index contributed by atoms with van der Waals surface area (Å²) >= 11 is 0. The standard InChI is InChI=1S/C28H26N4O5/c1-16-6-5-7-19(14-16)26-30-27(37-31-26)24-17(2)32(20-9-11-21(35-3)12-10-20)28(34)29-25(24)18-8-13-23(36-4)22(33)15-18/h5-15,25,33H,1-4H3,(H,29,34). The Morgan fingerprint density at radius 3 is 2.46 bits per heavy atom. The Morgan fingerprint density at radius 1 is 1.00 bits per heavy atom. The number of hydrogen-bond donors (Lipinski definition) is 2. The highest BCUT2D eigenvalue weighted by Crippen LogP contribution is 2.41. The van der Waals surface area contributed by atoms with Crippen molar-refractivity contribution in [3.05, 3.63) is 89.4 Å². The van der Waals surface area contributed by atoms with Crippen molar-refractivity contribution in [2.24, 2.45) is 0 Å². The van der Waals surface area contributed by atoms with E-state index in [1.807, 2.05) is 38.1 Å². The van der Waals surface area contributed by atoms with Crippen LogP contribution < -0.4 is 19.7 Å². The fourth-order valence-corrected chi connectivity index (χ4v) is 4.43. The zero-order valence-electron chi connectivity index (χ0n) is 20.9. The van der Waals surface area contributed by atoms with E-state index in [1.54, 1.807) is 54.5 Å². The number of phenolic OH excluding ortho intramolecular Hbond substituents is 1. The highest BCUT2D eigenvalue weighted by atomic mass is 16.5. The van der Waals surface area contributed by atoms with E-state index in [4.69, 9.17) is 14.0 Å². The van der Waals surface area contributed by atoms with Crippen LogP contribution in [0.25, 0.3) is 17.0 Å². The van der Waals surface area contributed by atoms with Crippen LogP contribution in [0.2, 0.25) is 0 Å². The number of aromatic nitrogens is 2. The van der Waals surface area contributed by atoms with E-state index in [1.165, 1.54) is 7.11 Å². The molecule has 188 valence electrons. The number of nitrogens with zero attached hydrogens (tertiary/aromatic N) is 3. The summed E-state index contributed by atoms with van der Waals surface area (Å²) < 4.78 is 16.2. The average molecular weight is 499 g/mol. The first-order valence-corrected chi connectivity index (χ1v) is 11.6. The van der Waals surface area contributed by atoms with Crippen molar-refractivity contribution >= 4 is 17.3 Å². The molecule has 4 aromatic rings. The van der Waals surface area contributed by atoms with Gasteiger partial charge in [-0.3, -0.25) is 4.90 Å². The monoisotopic (exact) mass is 498 g/mol. The molecule has 2 heterocycles. The van der Waals surface area contributed by atoms with E-state index in [0.29, 0.717) is 39.8 Å². The number of amides is 2. The van der Waals surface area contributed by atoms with Crippen LogP contribution in [0.1, 0.15) is 30.0 Å². The minimum absolute atomic E-state index is 0.0465. The van der Waals surface area contributed by atoms with Crippen LogP contribution >= 0.6 is 0 Å². The van der Waals surface area contributed by atoms with Crippen LogP contribution in [0.5, 0.6) is 17.2 Å². The maximum absolute atomic E-state index is 13.4. The Kier molecular flexibility index (Phi) is 6.27. The first-order valence-electron chi connectivity index (χ1n) is 11.6. The molecule has 5 rings (SSSR count). The van der Waals surface area contributed by atoms with Crippen molar-refractivity contribution in [3.8, 4) is 28.6 Å². The number of nitrogens with one attached hydrogen (secondary N) is 1. The van der Waals surface area contributed by atoms with Gasteiger partial charge in [0.05, 0.1) is 31.5 Å². The number of methoxy groups -OCH3 is 2. The molecule has 1 aliphatic rings. The molecule has 0 spiro atoms. The summed E-state index contributed by atoms with van der Waals surface area (Å²) in [5.41, 5.74) is 4.37. The molecule has 0 aliphatic carbocycles. The first kappa shape index (κ1) is 23.9. The van der Waals surface area contributed by atoms with Gasteiger partial charge in [-0.2, -0.15) is 4.98 Å². The minimum atomic E-state index is -0.662. The fourth-order valence-electron chi connectivity index (χ4n) is 4.43. The highest BCUT2D eigenvalue weighted by Gasteiger charge is 2.37. The summed E-state index contributed by atoms with van der Waals surface area (Å²) in [5, 5.41) is 17.7. The maximum atomic E-state index is 13.4. The zero-order chi connectivity index (χ0) is 26.1. The molecule has 2 N–H and O–H groups in total. The molecule has 0 bridgehead atoms. The SMILES string of the molecule is COc1ccc(N2C(=O)NC(c3ccc(OC)c(O)c3)C(c3nc(-c4cccc(C)c4)no3)=C2C)cc1. The lowest BCUT2D eigenvalue weighted by Crippen LogP contribution is -2.46. The molecule has 1 aromatic heterocycles. The minimum Gasteiger partial charge on any atom is -0.504 e. The summed E-state index contributed by atoms with van der Waals surface area (Å²) in [6.07, 6.45) is 0. The van der Waals surface area contributed by atoms with Gasteiger partial charge in [-0.25, -0.2) is 4.79 Å². The van der Waals surface area contributed by atoms with Crippen molar-refractivity contribution in [2.45, 2.75) is 19.9 Å². The summed E-state index contributed by atoms with van der Waals surface area (Å²) in [7, 11) is 3.06. The molecule has 1 unspecified atom stereocenters. The molecule has 0 radical (unpaired) electrons. The van der Waals surface area contributed by atoms with E-state index in [9.17, 15) is 9.90 Å². The largest absolute Gasteiger partial charge is 0.504 e. The summed E-state index contributed by atoms with van der Waals surface area (Å²) in [6.45, 7) is 3.82. The van der Waals surface area contributed by atoms with Gasteiger partial charge in [0.25, 0.3) is 5.89 Å². The number of anilines is 1. The van der Waals surface area contributed by atoms with Gasteiger partial charge in [0.15, 0.2) is 11.5 Å². The molecule has 1 aliphatic heterocycles. The smallest absolute Gasteiger partial charge is 0.326 e. The van der Waals surface area contributed by atoms with Gasteiger partial charge in [0.2, 0.25) is 5.82 Å². The van der Waals surface area contributed by atoms with Crippen LogP contribution in [0.15, 0.2) is 77.0 Å². The molecule has 2 amide bonds. The van der Waals surface area contributed by atoms with Crippen LogP contribution in [0.4, 0.5) is 10.5 Å². The van der Waals surface area contributed by atoms with E-state index >= 15 is 0 Å². The number of phenols is 1. The van der Waals surface area contributed by atoms with Crippen molar-refractivity contribution < 1.29 is 23.9 Å². The number of carbonyl (C=O) groups excluding carboxylic acids is 1. The van der Waals surface area contributed by atoms with E-state index in [-0.39, 0.29) is 17.7 Å². The molecule has 0 saturated heterocycles. The van der Waals surface area contributed by atoms with Crippen LogP contribution in [0, 0.1) is 6.92 Å². The maximum Gasteiger partial charge on any atom is 0.326 e. The van der Waals surface area contributed by atoms with Crippen molar-refractivity contribution in [3.63, 3.8) is 0 Å². The number of allylic oxidation sites excluding steroid dienone is 1. The number of urea groups is 1. The van der Waals surface area contributed by atoms with Crippen molar-refractivity contribution in [1.82, 2.24) is 15.5 Å². The second-order valence-corrected chi connectivity index (χ2v) is 8.64. The van der Waals surface area contributed by atoms with E-state index in [0.717, 1.165) is 11.1 Å². The van der Waals surface area contributed by atoms with Crippen molar-refractivity contribution in [1.29, 1.82) is 0 Å². The normalized spacial score (nSPS) is 15.5. The average Bonchev–Trinajstić information content (AvgIpc) is 3.38. The summed E-state index contributed by atoms with van der Waals surface area (Å²) in [4.78, 5) is 19.6. The number of hydrogen-bond acceptors (Lipinski definition) is 7. The first-order chi connectivity index (χ1) is 17.9. The Balaban J connectivity index is 1.65. The molecule has 0 fully saturated rings. The number of rotatable bonds is 6. The number of ether oxygens (including phenoxy) is 2. The Morgan fingerprint density at radius 2 is 1.78 bits per heavy atom. The lowest BCUT2D eigenvalue weighted by atomic mass is 9.94. The lowest BCUT2D eigenvalue weighted by molar-refractivity contribution is 0.244. The topological polar surface area (TPSA) is 110 Å². The predicted molar refractivity (Wildman–Crippen MR) is 138 cm³/mol. The molecule has 3 aromatic carbocycles. The molecular weight excluding hydrogens is 472 g/mol. The summed E-state index contributed by atoms with van der Waals surface area (Å²) in [6, 6.07) is 18.9. The van der Waals surface area contributed by atoms with E-state index in [2.05, 4.69) is 15.5 Å². The van der Waals surface area contributed by atoms with Crippen LogP contribution in [-0.2, 0) is 0 Å². The van der Waals surface area contributed by atoms with Gasteiger partial charge < -0.3 is 24.4 Å². The Hall–Kier alpha value is -4.79. The molecule has 1 atom stereocenters. The second kappa shape index (κ2) is 9.69. The second-order valence-electron chi connectivity index (χ2n) is 8.64. The molecule has 37 heavy (non-hydrogen) atoms.